The largest absolute Gasteiger partial charge is 0.380 e. The van der Waals surface area contributed by atoms with Gasteiger partial charge in [0.05, 0.1) is 0 Å². The molecule has 1 aromatic carbocycles. The van der Waals surface area contributed by atoms with Crippen LogP contribution in [0.4, 0.5) is 0 Å². The standard InChI is InChI=1S/C12H12O/c1-2-12(13)11-7-9-5-3-4-6-10(9)8-11/h1,3-6,11-13H,7-8H2. The van der Waals surface area contributed by atoms with Gasteiger partial charge in [0, 0.05) is 5.92 Å². The average molecular weight is 172 g/mol. The molecule has 2 rings (SSSR count). The molecule has 1 N–H and O–H groups in total. The number of rotatable bonds is 1. The van der Waals surface area contributed by atoms with E-state index < -0.39 is 6.10 Å². The minimum Gasteiger partial charge on any atom is -0.380 e. The third-order valence-electron chi connectivity index (χ3n) is 2.70. The normalized spacial score (nSPS) is 17.8. The van der Waals surface area contributed by atoms with Crippen molar-refractivity contribution < 1.29 is 5.11 Å². The van der Waals surface area contributed by atoms with Crippen LogP contribution in [0.1, 0.15) is 11.1 Å². The molecule has 0 saturated carbocycles. The van der Waals surface area contributed by atoms with Gasteiger partial charge in [0.1, 0.15) is 6.10 Å². The van der Waals surface area contributed by atoms with E-state index in [-0.39, 0.29) is 5.92 Å². The predicted octanol–water partition coefficient (Wildman–Crippen LogP) is 1.40. The van der Waals surface area contributed by atoms with Crippen molar-refractivity contribution in [1.29, 1.82) is 0 Å². The van der Waals surface area contributed by atoms with Gasteiger partial charge in [0.25, 0.3) is 0 Å². The van der Waals surface area contributed by atoms with Crippen molar-refractivity contribution in [1.82, 2.24) is 0 Å². The molecule has 0 radical (unpaired) electrons. The van der Waals surface area contributed by atoms with Gasteiger partial charge in [-0.05, 0) is 24.0 Å². The highest BCUT2D eigenvalue weighted by Gasteiger charge is 2.25. The van der Waals surface area contributed by atoms with Gasteiger partial charge in [-0.25, -0.2) is 0 Å². The van der Waals surface area contributed by atoms with Crippen LogP contribution in [0.15, 0.2) is 24.3 Å². The monoisotopic (exact) mass is 172 g/mol. The summed E-state index contributed by atoms with van der Waals surface area (Å²) < 4.78 is 0. The number of hydrogen-bond acceptors (Lipinski definition) is 1. The van der Waals surface area contributed by atoms with Gasteiger partial charge in [0.15, 0.2) is 0 Å². The van der Waals surface area contributed by atoms with Crippen LogP contribution < -0.4 is 0 Å². The SMILES string of the molecule is C#CC(O)C1Cc2ccccc2C1. The lowest BCUT2D eigenvalue weighted by Crippen LogP contribution is -2.18. The van der Waals surface area contributed by atoms with E-state index in [0.29, 0.717) is 0 Å². The van der Waals surface area contributed by atoms with E-state index in [1.807, 2.05) is 12.1 Å². The van der Waals surface area contributed by atoms with Gasteiger partial charge in [0.2, 0.25) is 0 Å². The quantitative estimate of drug-likeness (QED) is 0.635. The minimum absolute atomic E-state index is 0.224. The highest BCUT2D eigenvalue weighted by atomic mass is 16.3. The molecule has 0 spiro atoms. The number of terminal acetylenes is 1. The smallest absolute Gasteiger partial charge is 0.117 e. The van der Waals surface area contributed by atoms with E-state index in [9.17, 15) is 5.11 Å². The highest BCUT2D eigenvalue weighted by molar-refractivity contribution is 5.33. The number of fused-ring (bicyclic) bond motifs is 1. The van der Waals surface area contributed by atoms with E-state index in [4.69, 9.17) is 6.42 Å². The minimum atomic E-state index is -0.590. The number of aliphatic hydroxyl groups excluding tert-OH is 1. The van der Waals surface area contributed by atoms with E-state index in [1.54, 1.807) is 0 Å². The summed E-state index contributed by atoms with van der Waals surface area (Å²) >= 11 is 0. The molecule has 0 aromatic heterocycles. The summed E-state index contributed by atoms with van der Waals surface area (Å²) in [5.41, 5.74) is 2.67. The third kappa shape index (κ3) is 1.46. The van der Waals surface area contributed by atoms with Crippen LogP contribution in [-0.2, 0) is 12.8 Å². The molecule has 1 heteroatoms. The fourth-order valence-electron chi connectivity index (χ4n) is 1.95. The Kier molecular flexibility index (Phi) is 2.08. The van der Waals surface area contributed by atoms with Crippen LogP contribution in [0.5, 0.6) is 0 Å². The topological polar surface area (TPSA) is 20.2 Å². The van der Waals surface area contributed by atoms with Crippen LogP contribution >= 0.6 is 0 Å². The first-order valence-corrected chi connectivity index (χ1v) is 4.52. The fourth-order valence-corrected chi connectivity index (χ4v) is 1.95. The third-order valence-corrected chi connectivity index (χ3v) is 2.70. The number of hydrogen-bond donors (Lipinski definition) is 1. The summed E-state index contributed by atoms with van der Waals surface area (Å²) in [4.78, 5) is 0. The Balaban J connectivity index is 2.19. The maximum absolute atomic E-state index is 9.49. The zero-order valence-corrected chi connectivity index (χ0v) is 7.40. The molecule has 0 saturated heterocycles. The van der Waals surface area contributed by atoms with Crippen molar-refractivity contribution in [2.24, 2.45) is 5.92 Å². The molecule has 0 heterocycles. The van der Waals surface area contributed by atoms with Crippen LogP contribution in [0, 0.1) is 18.3 Å². The van der Waals surface area contributed by atoms with Crippen LogP contribution in [0.3, 0.4) is 0 Å². The van der Waals surface area contributed by atoms with Gasteiger partial charge >= 0.3 is 0 Å². The average Bonchev–Trinajstić information content (AvgIpc) is 2.59. The Morgan fingerprint density at radius 1 is 1.31 bits per heavy atom. The molecule has 0 aliphatic heterocycles. The summed E-state index contributed by atoms with van der Waals surface area (Å²) in [6.45, 7) is 0. The first kappa shape index (κ1) is 8.34. The first-order chi connectivity index (χ1) is 6.31. The Morgan fingerprint density at radius 2 is 1.85 bits per heavy atom. The Morgan fingerprint density at radius 3 is 2.31 bits per heavy atom. The predicted molar refractivity (Wildman–Crippen MR) is 52.2 cm³/mol. The van der Waals surface area contributed by atoms with E-state index >= 15 is 0 Å². The molecule has 0 amide bonds. The van der Waals surface area contributed by atoms with Gasteiger partial charge < -0.3 is 5.11 Å². The summed E-state index contributed by atoms with van der Waals surface area (Å²) in [7, 11) is 0. The van der Waals surface area contributed by atoms with Crippen molar-refractivity contribution in [3.63, 3.8) is 0 Å². The van der Waals surface area contributed by atoms with Crippen molar-refractivity contribution >= 4 is 0 Å². The molecule has 0 bridgehead atoms. The zero-order chi connectivity index (χ0) is 9.26. The highest BCUT2D eigenvalue weighted by Crippen LogP contribution is 2.28. The maximum Gasteiger partial charge on any atom is 0.117 e. The van der Waals surface area contributed by atoms with Gasteiger partial charge in [-0.15, -0.1) is 6.42 Å². The molecule has 1 aliphatic carbocycles. The number of aliphatic hydroxyl groups is 1. The number of benzene rings is 1. The molecule has 1 aliphatic rings. The van der Waals surface area contributed by atoms with Crippen molar-refractivity contribution in [3.8, 4) is 12.3 Å². The second-order valence-electron chi connectivity index (χ2n) is 3.55. The van der Waals surface area contributed by atoms with Gasteiger partial charge in [-0.3, -0.25) is 0 Å². The summed E-state index contributed by atoms with van der Waals surface area (Å²) in [6.07, 6.45) is 6.43. The van der Waals surface area contributed by atoms with Crippen molar-refractivity contribution in [2.45, 2.75) is 18.9 Å². The Bertz CT molecular complexity index is 323. The molecule has 1 unspecified atom stereocenters. The summed E-state index contributed by atoms with van der Waals surface area (Å²) in [6, 6.07) is 8.28. The molecule has 0 fully saturated rings. The zero-order valence-electron chi connectivity index (χ0n) is 7.40. The second-order valence-corrected chi connectivity index (χ2v) is 3.55. The lowest BCUT2D eigenvalue weighted by molar-refractivity contribution is 0.167. The summed E-state index contributed by atoms with van der Waals surface area (Å²) in [5.74, 6) is 2.62. The molecular formula is C12H12O. The molecule has 1 nitrogen and oxygen atoms in total. The lowest BCUT2D eigenvalue weighted by Gasteiger charge is -2.10. The van der Waals surface area contributed by atoms with E-state index in [1.165, 1.54) is 11.1 Å². The molecule has 66 valence electrons. The van der Waals surface area contributed by atoms with Gasteiger partial charge in [-0.1, -0.05) is 30.2 Å². The first-order valence-electron chi connectivity index (χ1n) is 4.52. The molecule has 1 atom stereocenters. The van der Waals surface area contributed by atoms with Crippen molar-refractivity contribution in [3.05, 3.63) is 35.4 Å². The van der Waals surface area contributed by atoms with E-state index in [2.05, 4.69) is 18.1 Å². The Hall–Kier alpha value is -1.26. The molecule has 13 heavy (non-hydrogen) atoms. The molecule has 1 aromatic rings. The second kappa shape index (κ2) is 3.24. The van der Waals surface area contributed by atoms with Crippen LogP contribution in [-0.4, -0.2) is 11.2 Å². The van der Waals surface area contributed by atoms with Crippen LogP contribution in [0.2, 0.25) is 0 Å². The lowest BCUT2D eigenvalue weighted by atomic mass is 10.00. The van der Waals surface area contributed by atoms with Crippen molar-refractivity contribution in [2.75, 3.05) is 0 Å². The fraction of sp³-hybridized carbons (Fsp3) is 0.333. The van der Waals surface area contributed by atoms with Crippen LogP contribution in [0.25, 0.3) is 0 Å². The maximum atomic E-state index is 9.49. The Labute approximate surface area is 78.4 Å². The van der Waals surface area contributed by atoms with E-state index in [0.717, 1.165) is 12.8 Å². The summed E-state index contributed by atoms with van der Waals surface area (Å²) in [5, 5.41) is 9.49. The van der Waals surface area contributed by atoms with Gasteiger partial charge in [-0.2, -0.15) is 0 Å². The molecular weight excluding hydrogens is 160 g/mol.